The Labute approximate surface area is 88.6 Å². The van der Waals surface area contributed by atoms with E-state index in [1.807, 2.05) is 18.2 Å². The van der Waals surface area contributed by atoms with Gasteiger partial charge >= 0.3 is 0 Å². The first kappa shape index (κ1) is 9.04. The lowest BCUT2D eigenvalue weighted by molar-refractivity contribution is -0.0172. The second-order valence-electron chi connectivity index (χ2n) is 4.26. The molecule has 0 bridgehead atoms. The van der Waals surface area contributed by atoms with Crippen molar-refractivity contribution >= 4 is 0 Å². The van der Waals surface area contributed by atoms with Gasteiger partial charge < -0.3 is 14.6 Å². The van der Waals surface area contributed by atoms with Crippen LogP contribution in [0.3, 0.4) is 0 Å². The highest BCUT2D eigenvalue weighted by Gasteiger charge is 2.51. The van der Waals surface area contributed by atoms with E-state index in [2.05, 4.69) is 0 Å². The molecule has 0 radical (unpaired) electrons. The zero-order chi connectivity index (χ0) is 10.5. The lowest BCUT2D eigenvalue weighted by atomic mass is 9.92. The van der Waals surface area contributed by atoms with Crippen molar-refractivity contribution in [2.24, 2.45) is 0 Å². The Morgan fingerprint density at radius 2 is 2.40 bits per heavy atom. The molecule has 15 heavy (non-hydrogen) atoms. The first-order valence-electron chi connectivity index (χ1n) is 5.32. The van der Waals surface area contributed by atoms with E-state index >= 15 is 0 Å². The Kier molecular flexibility index (Phi) is 1.74. The van der Waals surface area contributed by atoms with Crippen molar-refractivity contribution in [3.05, 3.63) is 23.8 Å². The van der Waals surface area contributed by atoms with Crippen molar-refractivity contribution in [3.8, 4) is 11.5 Å². The zero-order valence-corrected chi connectivity index (χ0v) is 8.69. The third-order valence-corrected chi connectivity index (χ3v) is 3.48. The fourth-order valence-electron chi connectivity index (χ4n) is 2.70. The minimum Gasteiger partial charge on any atom is -0.493 e. The number of aliphatic hydroxyl groups is 1. The molecule has 0 aromatic heterocycles. The van der Waals surface area contributed by atoms with Crippen molar-refractivity contribution in [3.63, 3.8) is 0 Å². The molecule has 1 heterocycles. The normalized spacial score (nSPS) is 32.0. The van der Waals surface area contributed by atoms with E-state index in [-0.39, 0.29) is 6.10 Å². The maximum atomic E-state index is 10.5. The van der Waals surface area contributed by atoms with Gasteiger partial charge in [-0.1, -0.05) is 12.1 Å². The quantitative estimate of drug-likeness (QED) is 0.761. The number of ether oxygens (including phenoxy) is 2. The van der Waals surface area contributed by atoms with Crippen molar-refractivity contribution < 1.29 is 14.6 Å². The Morgan fingerprint density at radius 3 is 3.20 bits per heavy atom. The molecular weight excluding hydrogens is 192 g/mol. The van der Waals surface area contributed by atoms with E-state index in [0.29, 0.717) is 0 Å². The van der Waals surface area contributed by atoms with Crippen LogP contribution in [-0.2, 0) is 5.60 Å². The number of hydrogen-bond donors (Lipinski definition) is 1. The molecule has 2 unspecified atom stereocenters. The molecule has 3 nitrogen and oxygen atoms in total. The second kappa shape index (κ2) is 2.89. The van der Waals surface area contributed by atoms with Crippen LogP contribution in [0, 0.1) is 0 Å². The lowest BCUT2D eigenvalue weighted by Gasteiger charge is -2.20. The van der Waals surface area contributed by atoms with Gasteiger partial charge in [0, 0.05) is 5.56 Å². The number of fused-ring (bicyclic) bond motifs is 3. The highest BCUT2D eigenvalue weighted by atomic mass is 16.5. The monoisotopic (exact) mass is 206 g/mol. The molecule has 1 saturated carbocycles. The molecule has 3 heteroatoms. The Balaban J connectivity index is 2.15. The molecule has 2 atom stereocenters. The summed E-state index contributed by atoms with van der Waals surface area (Å²) in [4.78, 5) is 0. The van der Waals surface area contributed by atoms with Crippen molar-refractivity contribution in [2.45, 2.75) is 31.0 Å². The number of benzene rings is 1. The number of para-hydroxylation sites is 1. The van der Waals surface area contributed by atoms with Gasteiger partial charge in [0.05, 0.1) is 7.11 Å². The first-order valence-corrected chi connectivity index (χ1v) is 5.32. The minimum absolute atomic E-state index is 0.0798. The van der Waals surface area contributed by atoms with E-state index < -0.39 is 5.60 Å². The molecule has 1 aliphatic carbocycles. The Hall–Kier alpha value is -1.22. The van der Waals surface area contributed by atoms with Crippen molar-refractivity contribution in [2.75, 3.05) is 7.11 Å². The summed E-state index contributed by atoms with van der Waals surface area (Å²) >= 11 is 0. The molecule has 0 spiro atoms. The molecule has 1 aliphatic heterocycles. The van der Waals surface area contributed by atoms with Gasteiger partial charge in [0.25, 0.3) is 0 Å². The van der Waals surface area contributed by atoms with Gasteiger partial charge in [0.1, 0.15) is 11.7 Å². The largest absolute Gasteiger partial charge is 0.493 e. The van der Waals surface area contributed by atoms with Crippen LogP contribution < -0.4 is 9.47 Å². The van der Waals surface area contributed by atoms with Gasteiger partial charge in [0.15, 0.2) is 11.5 Å². The average Bonchev–Trinajstić information content (AvgIpc) is 2.72. The van der Waals surface area contributed by atoms with E-state index in [0.717, 1.165) is 36.3 Å². The van der Waals surface area contributed by atoms with Crippen LogP contribution in [0.15, 0.2) is 18.2 Å². The van der Waals surface area contributed by atoms with E-state index in [9.17, 15) is 5.11 Å². The highest BCUT2D eigenvalue weighted by molar-refractivity contribution is 5.53. The molecule has 1 aromatic carbocycles. The molecule has 80 valence electrons. The maximum Gasteiger partial charge on any atom is 0.167 e. The van der Waals surface area contributed by atoms with Crippen LogP contribution in [0.2, 0.25) is 0 Å². The molecule has 1 aromatic rings. The van der Waals surface area contributed by atoms with Crippen LogP contribution in [0.25, 0.3) is 0 Å². The summed E-state index contributed by atoms with van der Waals surface area (Å²) in [5.41, 5.74) is 0.119. The Bertz CT molecular complexity index is 402. The fourth-order valence-corrected chi connectivity index (χ4v) is 2.70. The third kappa shape index (κ3) is 1.04. The van der Waals surface area contributed by atoms with Gasteiger partial charge in [-0.25, -0.2) is 0 Å². The first-order chi connectivity index (χ1) is 7.25. The zero-order valence-electron chi connectivity index (χ0n) is 8.69. The van der Waals surface area contributed by atoms with Crippen molar-refractivity contribution in [1.29, 1.82) is 0 Å². The summed E-state index contributed by atoms with van der Waals surface area (Å²) in [6.45, 7) is 0. The molecule has 0 saturated heterocycles. The minimum atomic E-state index is -0.774. The molecule has 2 aliphatic rings. The average molecular weight is 206 g/mol. The maximum absolute atomic E-state index is 10.5. The summed E-state index contributed by atoms with van der Waals surface area (Å²) < 4.78 is 11.0. The summed E-state index contributed by atoms with van der Waals surface area (Å²) in [5, 5.41) is 10.5. The van der Waals surface area contributed by atoms with Gasteiger partial charge in [-0.15, -0.1) is 0 Å². The predicted octanol–water partition coefficient (Wildman–Crippen LogP) is 1.83. The standard InChI is InChI=1S/C12H14O3/c1-14-9-5-2-4-8-11(9)15-10-6-3-7-12(8,10)13/h2,4-5,10,13H,3,6-7H2,1H3. The van der Waals surface area contributed by atoms with E-state index in [1.165, 1.54) is 0 Å². The van der Waals surface area contributed by atoms with Crippen LogP contribution in [0.4, 0.5) is 0 Å². The molecule has 1 N–H and O–H groups in total. The van der Waals surface area contributed by atoms with Crippen LogP contribution in [-0.4, -0.2) is 18.3 Å². The summed E-state index contributed by atoms with van der Waals surface area (Å²) in [6, 6.07) is 5.70. The second-order valence-corrected chi connectivity index (χ2v) is 4.26. The van der Waals surface area contributed by atoms with Crippen molar-refractivity contribution in [1.82, 2.24) is 0 Å². The van der Waals surface area contributed by atoms with E-state index in [4.69, 9.17) is 9.47 Å². The van der Waals surface area contributed by atoms with Crippen LogP contribution in [0.5, 0.6) is 11.5 Å². The van der Waals surface area contributed by atoms with Gasteiger partial charge in [-0.05, 0) is 25.3 Å². The van der Waals surface area contributed by atoms with E-state index in [1.54, 1.807) is 7.11 Å². The van der Waals surface area contributed by atoms with Gasteiger partial charge in [-0.3, -0.25) is 0 Å². The van der Waals surface area contributed by atoms with Crippen LogP contribution >= 0.6 is 0 Å². The Morgan fingerprint density at radius 1 is 1.53 bits per heavy atom. The molecule has 0 amide bonds. The number of rotatable bonds is 1. The lowest BCUT2D eigenvalue weighted by Crippen LogP contribution is -2.32. The highest BCUT2D eigenvalue weighted by Crippen LogP contribution is 2.52. The topological polar surface area (TPSA) is 38.7 Å². The molecule has 1 fully saturated rings. The number of methoxy groups -OCH3 is 1. The fraction of sp³-hybridized carbons (Fsp3) is 0.500. The third-order valence-electron chi connectivity index (χ3n) is 3.48. The summed E-state index contributed by atoms with van der Waals surface area (Å²) in [6.07, 6.45) is 2.66. The van der Waals surface area contributed by atoms with Crippen LogP contribution in [0.1, 0.15) is 24.8 Å². The summed E-state index contributed by atoms with van der Waals surface area (Å²) in [7, 11) is 1.62. The molecule has 3 rings (SSSR count). The van der Waals surface area contributed by atoms with Gasteiger partial charge in [0.2, 0.25) is 0 Å². The van der Waals surface area contributed by atoms with Gasteiger partial charge in [-0.2, -0.15) is 0 Å². The SMILES string of the molecule is COc1cccc2c1OC1CCCC21O. The predicted molar refractivity (Wildman–Crippen MR) is 55.2 cm³/mol. The number of hydrogen-bond acceptors (Lipinski definition) is 3. The smallest absolute Gasteiger partial charge is 0.167 e. The molecular formula is C12H14O3. The summed E-state index contributed by atoms with van der Waals surface area (Å²) in [5.74, 6) is 1.45.